The molecule has 3 rings (SSSR count). The van der Waals surface area contributed by atoms with Gasteiger partial charge in [0.15, 0.2) is 0 Å². The maximum atomic E-state index is 5.33. The SMILES string of the molecule is C=COc1cncc(C2=CCC[C@H]3CCCN[C@@H]23)c1. The normalized spacial score (nSPS) is 26.2. The average Bonchev–Trinajstić information content (AvgIpc) is 2.47. The molecule has 0 unspecified atom stereocenters. The lowest BCUT2D eigenvalue weighted by Gasteiger charge is -2.37. The minimum absolute atomic E-state index is 0.489. The lowest BCUT2D eigenvalue weighted by Crippen LogP contribution is -2.43. The molecule has 0 amide bonds. The van der Waals surface area contributed by atoms with Crippen molar-refractivity contribution in [1.29, 1.82) is 0 Å². The highest BCUT2D eigenvalue weighted by Gasteiger charge is 2.30. The van der Waals surface area contributed by atoms with Gasteiger partial charge < -0.3 is 10.1 Å². The first-order valence-electron chi connectivity index (χ1n) is 7.05. The predicted octanol–water partition coefficient (Wildman–Crippen LogP) is 3.15. The molecule has 0 spiro atoms. The number of nitrogens with one attached hydrogen (secondary N) is 1. The van der Waals surface area contributed by atoms with Crippen molar-refractivity contribution >= 4 is 5.57 Å². The van der Waals surface area contributed by atoms with Gasteiger partial charge in [-0.3, -0.25) is 4.98 Å². The van der Waals surface area contributed by atoms with E-state index in [0.29, 0.717) is 6.04 Å². The van der Waals surface area contributed by atoms with Gasteiger partial charge in [0.1, 0.15) is 5.75 Å². The van der Waals surface area contributed by atoms with Crippen LogP contribution in [0.5, 0.6) is 5.75 Å². The summed E-state index contributed by atoms with van der Waals surface area (Å²) in [7, 11) is 0. The van der Waals surface area contributed by atoms with Crippen molar-refractivity contribution in [3.8, 4) is 5.75 Å². The van der Waals surface area contributed by atoms with Crippen molar-refractivity contribution in [2.45, 2.75) is 31.7 Å². The van der Waals surface area contributed by atoms with Crippen LogP contribution in [0.4, 0.5) is 0 Å². The van der Waals surface area contributed by atoms with Crippen LogP contribution in [0.15, 0.2) is 37.4 Å². The van der Waals surface area contributed by atoms with Gasteiger partial charge in [-0.25, -0.2) is 0 Å². The molecule has 3 heteroatoms. The third-order valence-corrected chi connectivity index (χ3v) is 4.09. The van der Waals surface area contributed by atoms with Crippen LogP contribution in [0.2, 0.25) is 0 Å². The highest BCUT2D eigenvalue weighted by molar-refractivity contribution is 5.71. The van der Waals surface area contributed by atoms with Crippen molar-refractivity contribution in [2.24, 2.45) is 5.92 Å². The number of hydrogen-bond donors (Lipinski definition) is 1. The molecular formula is C16H20N2O. The summed E-state index contributed by atoms with van der Waals surface area (Å²) in [6.07, 6.45) is 12.6. The van der Waals surface area contributed by atoms with Crippen LogP contribution in [0.25, 0.3) is 5.57 Å². The summed E-state index contributed by atoms with van der Waals surface area (Å²) < 4.78 is 5.33. The van der Waals surface area contributed by atoms with Gasteiger partial charge >= 0.3 is 0 Å². The molecule has 2 aliphatic rings. The summed E-state index contributed by atoms with van der Waals surface area (Å²) in [4.78, 5) is 4.27. The smallest absolute Gasteiger partial charge is 0.145 e. The van der Waals surface area contributed by atoms with Crippen LogP contribution in [0.3, 0.4) is 0 Å². The Kier molecular flexibility index (Phi) is 3.65. The first-order valence-corrected chi connectivity index (χ1v) is 7.05. The molecule has 0 radical (unpaired) electrons. The Morgan fingerprint density at radius 3 is 3.21 bits per heavy atom. The van der Waals surface area contributed by atoms with Crippen LogP contribution in [-0.2, 0) is 0 Å². The fourth-order valence-electron chi connectivity index (χ4n) is 3.24. The standard InChI is InChI=1S/C16H20N2O/c1-2-19-14-9-13(10-17-11-14)15-7-3-5-12-6-4-8-18-16(12)15/h2,7,9-12,16,18H,1,3-6,8H2/t12-,16+/m0/s1. The molecule has 3 nitrogen and oxygen atoms in total. The molecule has 1 aromatic rings. The zero-order valence-corrected chi connectivity index (χ0v) is 11.1. The molecule has 100 valence electrons. The van der Waals surface area contributed by atoms with Crippen LogP contribution >= 0.6 is 0 Å². The summed E-state index contributed by atoms with van der Waals surface area (Å²) in [6, 6.07) is 2.54. The van der Waals surface area contributed by atoms with Crippen molar-refractivity contribution in [2.75, 3.05) is 6.54 Å². The largest absolute Gasteiger partial charge is 0.464 e. The Morgan fingerprint density at radius 1 is 1.37 bits per heavy atom. The molecule has 1 aliphatic carbocycles. The van der Waals surface area contributed by atoms with Crippen molar-refractivity contribution in [1.82, 2.24) is 10.3 Å². The minimum atomic E-state index is 0.489. The predicted molar refractivity (Wildman–Crippen MR) is 76.8 cm³/mol. The molecule has 1 saturated heterocycles. The van der Waals surface area contributed by atoms with E-state index in [2.05, 4.69) is 29.0 Å². The number of pyridine rings is 1. The summed E-state index contributed by atoms with van der Waals surface area (Å²) in [6.45, 7) is 4.71. The quantitative estimate of drug-likeness (QED) is 0.844. The van der Waals surface area contributed by atoms with E-state index < -0.39 is 0 Å². The molecule has 1 aromatic heterocycles. The Morgan fingerprint density at radius 2 is 2.32 bits per heavy atom. The monoisotopic (exact) mass is 256 g/mol. The van der Waals surface area contributed by atoms with Gasteiger partial charge in [-0.05, 0) is 49.8 Å². The van der Waals surface area contributed by atoms with Crippen molar-refractivity contribution < 1.29 is 4.74 Å². The second-order valence-electron chi connectivity index (χ2n) is 5.26. The van der Waals surface area contributed by atoms with E-state index in [1.165, 1.54) is 43.1 Å². The number of hydrogen-bond acceptors (Lipinski definition) is 3. The molecule has 0 bridgehead atoms. The fourth-order valence-corrected chi connectivity index (χ4v) is 3.24. The molecule has 2 heterocycles. The number of nitrogens with zero attached hydrogens (tertiary/aromatic N) is 1. The van der Waals surface area contributed by atoms with E-state index in [0.717, 1.165) is 18.2 Å². The van der Waals surface area contributed by atoms with E-state index in [4.69, 9.17) is 4.74 Å². The van der Waals surface area contributed by atoms with Crippen molar-refractivity contribution in [3.05, 3.63) is 42.9 Å². The topological polar surface area (TPSA) is 34.1 Å². The molecule has 1 N–H and O–H groups in total. The zero-order chi connectivity index (χ0) is 13.1. The summed E-state index contributed by atoms with van der Waals surface area (Å²) in [5.41, 5.74) is 2.56. The fraction of sp³-hybridized carbons (Fsp3) is 0.438. The van der Waals surface area contributed by atoms with E-state index in [1.807, 2.05) is 6.20 Å². The summed E-state index contributed by atoms with van der Waals surface area (Å²) in [5, 5.41) is 3.66. The Hall–Kier alpha value is -1.61. The van der Waals surface area contributed by atoms with Crippen molar-refractivity contribution in [3.63, 3.8) is 0 Å². The number of aromatic nitrogens is 1. The minimum Gasteiger partial charge on any atom is -0.464 e. The lowest BCUT2D eigenvalue weighted by atomic mass is 9.77. The number of piperidine rings is 1. The number of rotatable bonds is 3. The molecule has 0 saturated carbocycles. The molecule has 2 atom stereocenters. The lowest BCUT2D eigenvalue weighted by molar-refractivity contribution is 0.304. The number of ether oxygens (including phenoxy) is 1. The third kappa shape index (κ3) is 2.56. The van der Waals surface area contributed by atoms with E-state index >= 15 is 0 Å². The van der Waals surface area contributed by atoms with Gasteiger partial charge in [0.05, 0.1) is 12.5 Å². The number of fused-ring (bicyclic) bond motifs is 1. The Balaban J connectivity index is 1.89. The molecule has 1 aliphatic heterocycles. The third-order valence-electron chi connectivity index (χ3n) is 4.09. The molecular weight excluding hydrogens is 236 g/mol. The Labute approximate surface area is 114 Å². The van der Waals surface area contributed by atoms with E-state index in [-0.39, 0.29) is 0 Å². The maximum Gasteiger partial charge on any atom is 0.145 e. The second kappa shape index (κ2) is 5.57. The second-order valence-corrected chi connectivity index (χ2v) is 5.26. The van der Waals surface area contributed by atoms with Gasteiger partial charge in [-0.1, -0.05) is 12.7 Å². The summed E-state index contributed by atoms with van der Waals surface area (Å²) >= 11 is 0. The molecule has 0 aromatic carbocycles. The highest BCUT2D eigenvalue weighted by atomic mass is 16.5. The van der Waals surface area contributed by atoms with Crippen LogP contribution in [-0.4, -0.2) is 17.6 Å². The maximum absolute atomic E-state index is 5.33. The van der Waals surface area contributed by atoms with Gasteiger partial charge in [-0.15, -0.1) is 0 Å². The van der Waals surface area contributed by atoms with Crippen LogP contribution in [0, 0.1) is 5.92 Å². The molecule has 1 fully saturated rings. The van der Waals surface area contributed by atoms with Crippen LogP contribution in [0.1, 0.15) is 31.2 Å². The van der Waals surface area contributed by atoms with Gasteiger partial charge in [0.25, 0.3) is 0 Å². The zero-order valence-electron chi connectivity index (χ0n) is 11.1. The number of allylic oxidation sites excluding steroid dienone is 1. The van der Waals surface area contributed by atoms with Gasteiger partial charge in [0.2, 0.25) is 0 Å². The first-order chi connectivity index (χ1) is 9.38. The van der Waals surface area contributed by atoms with Gasteiger partial charge in [0, 0.05) is 17.8 Å². The average molecular weight is 256 g/mol. The Bertz CT molecular complexity index is 495. The van der Waals surface area contributed by atoms with E-state index in [1.54, 1.807) is 6.20 Å². The van der Waals surface area contributed by atoms with E-state index in [9.17, 15) is 0 Å². The summed E-state index contributed by atoms with van der Waals surface area (Å²) in [5.74, 6) is 1.53. The highest BCUT2D eigenvalue weighted by Crippen LogP contribution is 2.36. The first kappa shape index (κ1) is 12.4. The van der Waals surface area contributed by atoms with Gasteiger partial charge in [-0.2, -0.15) is 0 Å². The van der Waals surface area contributed by atoms with Crippen LogP contribution < -0.4 is 10.1 Å². The molecule has 19 heavy (non-hydrogen) atoms.